The van der Waals surface area contributed by atoms with Gasteiger partial charge in [0, 0.05) is 12.6 Å². The summed E-state index contributed by atoms with van der Waals surface area (Å²) in [5, 5.41) is 9.53. The van der Waals surface area contributed by atoms with E-state index in [0.717, 1.165) is 26.1 Å². The van der Waals surface area contributed by atoms with Crippen LogP contribution in [0.1, 0.15) is 19.3 Å². The average molecular weight is 212 g/mol. The van der Waals surface area contributed by atoms with Crippen molar-refractivity contribution in [1.82, 2.24) is 10.9 Å². The van der Waals surface area contributed by atoms with Crippen LogP contribution < -0.4 is 10.9 Å². The number of nitrogens with one attached hydrogen (secondary N) is 2. The van der Waals surface area contributed by atoms with E-state index in [2.05, 4.69) is 17.4 Å². The molecule has 0 saturated carbocycles. The number of rotatable bonds is 7. The largest absolute Gasteiger partial charge is 0.380 e. The van der Waals surface area contributed by atoms with Crippen LogP contribution in [0, 0.1) is 0 Å². The van der Waals surface area contributed by atoms with Crippen LogP contribution >= 0.6 is 0 Å². The van der Waals surface area contributed by atoms with Crippen LogP contribution in [-0.2, 0) is 4.74 Å². The van der Waals surface area contributed by atoms with E-state index in [0.29, 0.717) is 12.5 Å². The van der Waals surface area contributed by atoms with Gasteiger partial charge in [-0.25, -0.2) is 5.43 Å². The van der Waals surface area contributed by atoms with Gasteiger partial charge in [-0.1, -0.05) is 24.8 Å². The second-order valence-corrected chi connectivity index (χ2v) is 3.61. The van der Waals surface area contributed by atoms with Crippen LogP contribution in [-0.4, -0.2) is 30.6 Å². The first-order chi connectivity index (χ1) is 7.33. The molecular formula is C11H20N2O2. The van der Waals surface area contributed by atoms with Gasteiger partial charge >= 0.3 is 0 Å². The summed E-state index contributed by atoms with van der Waals surface area (Å²) in [6.45, 7) is 5.10. The Kier molecular flexibility index (Phi) is 6.27. The van der Waals surface area contributed by atoms with E-state index in [1.54, 1.807) is 6.08 Å². The summed E-state index contributed by atoms with van der Waals surface area (Å²) >= 11 is 0. The molecule has 1 saturated heterocycles. The molecule has 0 aromatic heterocycles. The summed E-state index contributed by atoms with van der Waals surface area (Å²) in [6, 6.07) is 0.323. The van der Waals surface area contributed by atoms with Crippen molar-refractivity contribution < 1.29 is 9.84 Å². The third kappa shape index (κ3) is 5.69. The van der Waals surface area contributed by atoms with Crippen molar-refractivity contribution in [3.63, 3.8) is 0 Å². The van der Waals surface area contributed by atoms with Crippen molar-refractivity contribution in [3.8, 4) is 0 Å². The number of aliphatic hydroxyl groups excluding tert-OH is 1. The lowest BCUT2D eigenvalue weighted by molar-refractivity contribution is 0.101. The molecule has 4 heteroatoms. The molecule has 0 spiro atoms. The van der Waals surface area contributed by atoms with Crippen molar-refractivity contribution >= 4 is 0 Å². The number of aliphatic hydroxyl groups is 1. The monoisotopic (exact) mass is 212 g/mol. The normalized spacial score (nSPS) is 23.4. The smallest absolute Gasteiger partial charge is 0.117 e. The number of allylic oxidation sites excluding steroid dienone is 3. The van der Waals surface area contributed by atoms with Gasteiger partial charge in [-0.15, -0.1) is 0 Å². The molecule has 0 aromatic rings. The van der Waals surface area contributed by atoms with Gasteiger partial charge in [-0.2, -0.15) is 0 Å². The maximum absolute atomic E-state index is 9.53. The van der Waals surface area contributed by atoms with Crippen molar-refractivity contribution in [1.29, 1.82) is 0 Å². The third-order valence-corrected chi connectivity index (χ3v) is 2.26. The summed E-state index contributed by atoms with van der Waals surface area (Å²) in [7, 11) is 0. The van der Waals surface area contributed by atoms with Crippen molar-refractivity contribution in [3.05, 3.63) is 24.8 Å². The van der Waals surface area contributed by atoms with E-state index >= 15 is 0 Å². The maximum Gasteiger partial charge on any atom is 0.117 e. The zero-order valence-corrected chi connectivity index (χ0v) is 8.98. The Bertz CT molecular complexity index is 201. The van der Waals surface area contributed by atoms with Gasteiger partial charge in [0.05, 0.1) is 6.61 Å². The molecule has 0 aliphatic carbocycles. The van der Waals surface area contributed by atoms with Crippen molar-refractivity contribution in [2.24, 2.45) is 0 Å². The highest BCUT2D eigenvalue weighted by molar-refractivity contribution is 4.96. The van der Waals surface area contributed by atoms with Crippen LogP contribution in [0.25, 0.3) is 0 Å². The molecule has 15 heavy (non-hydrogen) atoms. The van der Waals surface area contributed by atoms with Gasteiger partial charge in [0.15, 0.2) is 0 Å². The van der Waals surface area contributed by atoms with Crippen LogP contribution in [0.4, 0.5) is 0 Å². The van der Waals surface area contributed by atoms with E-state index in [4.69, 9.17) is 4.74 Å². The maximum atomic E-state index is 9.53. The van der Waals surface area contributed by atoms with Gasteiger partial charge in [-0.05, 0) is 19.3 Å². The summed E-state index contributed by atoms with van der Waals surface area (Å²) in [5.41, 5.74) is 5.92. The molecule has 86 valence electrons. The molecule has 0 aromatic carbocycles. The number of ether oxygens (including phenoxy) is 1. The highest BCUT2D eigenvalue weighted by Crippen LogP contribution is 2.02. The molecular weight excluding hydrogens is 192 g/mol. The zero-order chi connectivity index (χ0) is 10.9. The van der Waals surface area contributed by atoms with E-state index < -0.39 is 6.23 Å². The molecule has 0 radical (unpaired) electrons. The lowest BCUT2D eigenvalue weighted by Crippen LogP contribution is -2.46. The molecule has 1 fully saturated rings. The Morgan fingerprint density at radius 1 is 1.60 bits per heavy atom. The topological polar surface area (TPSA) is 53.5 Å². The van der Waals surface area contributed by atoms with Crippen molar-refractivity contribution in [2.75, 3.05) is 13.2 Å². The van der Waals surface area contributed by atoms with Crippen LogP contribution in [0.3, 0.4) is 0 Å². The van der Waals surface area contributed by atoms with Crippen LogP contribution in [0.5, 0.6) is 0 Å². The number of hydrazine groups is 1. The van der Waals surface area contributed by atoms with Gasteiger partial charge in [0.25, 0.3) is 0 Å². The first-order valence-electron chi connectivity index (χ1n) is 5.37. The number of hydrogen-bond donors (Lipinski definition) is 3. The Labute approximate surface area is 91.0 Å². The first kappa shape index (κ1) is 12.4. The molecule has 0 amide bonds. The van der Waals surface area contributed by atoms with E-state index in [1.807, 2.05) is 12.2 Å². The average Bonchev–Trinajstić information content (AvgIpc) is 2.74. The second-order valence-electron chi connectivity index (χ2n) is 3.61. The summed E-state index contributed by atoms with van der Waals surface area (Å²) in [5.74, 6) is 0. The van der Waals surface area contributed by atoms with Gasteiger partial charge in [0.2, 0.25) is 0 Å². The fourth-order valence-electron chi connectivity index (χ4n) is 1.38. The Morgan fingerprint density at radius 3 is 3.13 bits per heavy atom. The number of hydrogen-bond acceptors (Lipinski definition) is 4. The van der Waals surface area contributed by atoms with Gasteiger partial charge < -0.3 is 9.84 Å². The summed E-state index contributed by atoms with van der Waals surface area (Å²) < 4.78 is 5.20. The predicted octanol–water partition coefficient (Wildman–Crippen LogP) is 0.710. The fraction of sp³-hybridized carbons (Fsp3) is 0.636. The molecule has 2 atom stereocenters. The Morgan fingerprint density at radius 2 is 2.47 bits per heavy atom. The first-order valence-corrected chi connectivity index (χ1v) is 5.37. The van der Waals surface area contributed by atoms with Crippen molar-refractivity contribution in [2.45, 2.75) is 31.5 Å². The second kappa shape index (κ2) is 7.59. The lowest BCUT2D eigenvalue weighted by Gasteiger charge is -2.16. The highest BCUT2D eigenvalue weighted by atomic mass is 16.5. The summed E-state index contributed by atoms with van der Waals surface area (Å²) in [6.07, 6.45) is 7.60. The minimum Gasteiger partial charge on any atom is -0.380 e. The molecule has 4 nitrogen and oxygen atoms in total. The fourth-order valence-corrected chi connectivity index (χ4v) is 1.38. The summed E-state index contributed by atoms with van der Waals surface area (Å²) in [4.78, 5) is 0. The van der Waals surface area contributed by atoms with Gasteiger partial charge in [-0.3, -0.25) is 5.43 Å². The minimum absolute atomic E-state index is 0.323. The van der Waals surface area contributed by atoms with E-state index in [1.165, 1.54) is 0 Å². The molecule has 1 aliphatic heterocycles. The standard InChI is InChI=1S/C11H20N2O2/c1-2-3-4-5-6-11(14)13-12-10-7-8-15-9-10/h2-4,10-14H,1,5-9H2/b4-3-/t10-,11+/m0/s1. The SMILES string of the molecule is C=C/C=C\CC[C@@H](O)NN[C@H]1CCOC1. The zero-order valence-electron chi connectivity index (χ0n) is 8.98. The minimum atomic E-state index is -0.514. The molecule has 3 N–H and O–H groups in total. The van der Waals surface area contributed by atoms with E-state index in [9.17, 15) is 5.11 Å². The van der Waals surface area contributed by atoms with Crippen LogP contribution in [0.2, 0.25) is 0 Å². The lowest BCUT2D eigenvalue weighted by atomic mass is 10.2. The highest BCUT2D eigenvalue weighted by Gasteiger charge is 2.15. The van der Waals surface area contributed by atoms with Gasteiger partial charge in [0.1, 0.15) is 6.23 Å². The molecule has 0 unspecified atom stereocenters. The molecule has 1 heterocycles. The Balaban J connectivity index is 1.99. The predicted molar refractivity (Wildman–Crippen MR) is 60.1 cm³/mol. The third-order valence-electron chi connectivity index (χ3n) is 2.26. The molecule has 1 aliphatic rings. The molecule has 1 rings (SSSR count). The van der Waals surface area contributed by atoms with E-state index in [-0.39, 0.29) is 0 Å². The molecule has 0 bridgehead atoms. The van der Waals surface area contributed by atoms with Crippen LogP contribution in [0.15, 0.2) is 24.8 Å². The quantitative estimate of drug-likeness (QED) is 0.330. The Hall–Kier alpha value is -0.680.